The van der Waals surface area contributed by atoms with Gasteiger partial charge in [0.15, 0.2) is 0 Å². The molecule has 0 aliphatic carbocycles. The lowest BCUT2D eigenvalue weighted by Crippen LogP contribution is -2.34. The Labute approximate surface area is 135 Å². The van der Waals surface area contributed by atoms with Gasteiger partial charge in [-0.05, 0) is 25.8 Å². The van der Waals surface area contributed by atoms with Crippen molar-refractivity contribution in [2.24, 2.45) is 0 Å². The number of anilines is 1. The van der Waals surface area contributed by atoms with E-state index in [9.17, 15) is 4.79 Å². The van der Waals surface area contributed by atoms with Gasteiger partial charge in [-0.2, -0.15) is 5.10 Å². The summed E-state index contributed by atoms with van der Waals surface area (Å²) in [4.78, 5) is 14.1. The molecule has 7 heteroatoms. The highest BCUT2D eigenvalue weighted by atomic mass is 16.5. The predicted molar refractivity (Wildman–Crippen MR) is 85.0 cm³/mol. The van der Waals surface area contributed by atoms with Gasteiger partial charge in [0.25, 0.3) is 0 Å². The summed E-state index contributed by atoms with van der Waals surface area (Å²) in [5.41, 5.74) is 1.66. The van der Waals surface area contributed by atoms with E-state index in [4.69, 9.17) is 9.15 Å². The predicted octanol–water partition coefficient (Wildman–Crippen LogP) is 2.71. The lowest BCUT2D eigenvalue weighted by Gasteiger charge is -2.20. The number of urea groups is 1. The fraction of sp³-hybridized carbons (Fsp3) is 0.500. The Kier molecular flexibility index (Phi) is 4.97. The molecule has 1 N–H and O–H groups in total. The average Bonchev–Trinajstić information content (AvgIpc) is 3.28. The van der Waals surface area contributed by atoms with Crippen LogP contribution in [0.3, 0.4) is 0 Å². The van der Waals surface area contributed by atoms with Gasteiger partial charge < -0.3 is 19.4 Å². The fourth-order valence-corrected chi connectivity index (χ4v) is 2.66. The third kappa shape index (κ3) is 4.13. The highest BCUT2D eigenvalue weighted by Gasteiger charge is 2.17. The van der Waals surface area contributed by atoms with Crippen molar-refractivity contribution in [3.8, 4) is 0 Å². The van der Waals surface area contributed by atoms with Crippen molar-refractivity contribution in [1.82, 2.24) is 14.7 Å². The van der Waals surface area contributed by atoms with E-state index >= 15 is 0 Å². The molecule has 7 nitrogen and oxygen atoms in total. The highest BCUT2D eigenvalue weighted by molar-refractivity contribution is 5.88. The molecule has 0 aromatic carbocycles. The van der Waals surface area contributed by atoms with Gasteiger partial charge in [-0.15, -0.1) is 0 Å². The monoisotopic (exact) mass is 318 g/mol. The summed E-state index contributed by atoms with van der Waals surface area (Å²) in [6, 6.07) is 1.71. The van der Waals surface area contributed by atoms with Crippen LogP contribution in [0.25, 0.3) is 0 Å². The molecule has 124 valence electrons. The lowest BCUT2D eigenvalue weighted by atomic mass is 10.2. The molecule has 0 bridgehead atoms. The molecule has 3 rings (SSSR count). The number of rotatable bonds is 6. The number of nitrogens with one attached hydrogen (secondary N) is 1. The van der Waals surface area contributed by atoms with Crippen LogP contribution in [0.1, 0.15) is 25.3 Å². The summed E-state index contributed by atoms with van der Waals surface area (Å²) >= 11 is 0. The number of ether oxygens (including phenoxy) is 1. The van der Waals surface area contributed by atoms with Gasteiger partial charge in [-0.3, -0.25) is 4.68 Å². The van der Waals surface area contributed by atoms with Crippen LogP contribution in [0.5, 0.6) is 0 Å². The quantitative estimate of drug-likeness (QED) is 0.889. The van der Waals surface area contributed by atoms with Gasteiger partial charge in [-0.1, -0.05) is 0 Å². The second kappa shape index (κ2) is 7.32. The molecule has 0 saturated carbocycles. The van der Waals surface area contributed by atoms with Crippen molar-refractivity contribution in [1.29, 1.82) is 0 Å². The maximum absolute atomic E-state index is 12.3. The standard InChI is InChI=1S/C16H22N4O3/c1-2-19(9-13-5-7-22-12-13)16(21)18-14-8-17-20(10-14)11-15-4-3-6-23-15/h5,7-8,10,12,15H,2-4,6,9,11H2,1H3,(H,18,21)/t15-/m1/s1. The summed E-state index contributed by atoms with van der Waals surface area (Å²) < 4.78 is 12.5. The normalized spacial score (nSPS) is 17.3. The van der Waals surface area contributed by atoms with E-state index in [-0.39, 0.29) is 12.1 Å². The molecular formula is C16H22N4O3. The SMILES string of the molecule is CCN(Cc1ccoc1)C(=O)Nc1cnn(C[C@H]2CCCO2)c1. The van der Waals surface area contributed by atoms with Crippen molar-refractivity contribution in [3.05, 3.63) is 36.5 Å². The van der Waals surface area contributed by atoms with Crippen LogP contribution in [0, 0.1) is 0 Å². The van der Waals surface area contributed by atoms with Crippen LogP contribution in [0.2, 0.25) is 0 Å². The van der Waals surface area contributed by atoms with Gasteiger partial charge in [0.2, 0.25) is 0 Å². The molecule has 1 saturated heterocycles. The Bertz CT molecular complexity index is 617. The number of amides is 2. The highest BCUT2D eigenvalue weighted by Crippen LogP contribution is 2.15. The van der Waals surface area contributed by atoms with E-state index < -0.39 is 0 Å². The van der Waals surface area contributed by atoms with Crippen molar-refractivity contribution >= 4 is 11.7 Å². The second-order valence-electron chi connectivity index (χ2n) is 5.66. The Hall–Kier alpha value is -2.28. The summed E-state index contributed by atoms with van der Waals surface area (Å²) in [7, 11) is 0. The van der Waals surface area contributed by atoms with Crippen LogP contribution in [-0.2, 0) is 17.8 Å². The first-order chi connectivity index (χ1) is 11.2. The van der Waals surface area contributed by atoms with Crippen LogP contribution >= 0.6 is 0 Å². The van der Waals surface area contributed by atoms with Crippen molar-refractivity contribution in [2.75, 3.05) is 18.5 Å². The Morgan fingerprint density at radius 2 is 2.48 bits per heavy atom. The maximum atomic E-state index is 12.3. The molecule has 1 fully saturated rings. The minimum Gasteiger partial charge on any atom is -0.472 e. The van der Waals surface area contributed by atoms with Crippen LogP contribution in [0.15, 0.2) is 35.4 Å². The van der Waals surface area contributed by atoms with Crippen molar-refractivity contribution in [3.63, 3.8) is 0 Å². The zero-order valence-corrected chi connectivity index (χ0v) is 13.3. The average molecular weight is 318 g/mol. The Balaban J connectivity index is 1.54. The minimum absolute atomic E-state index is 0.148. The van der Waals surface area contributed by atoms with E-state index in [2.05, 4.69) is 10.4 Å². The zero-order valence-electron chi connectivity index (χ0n) is 13.3. The number of carbonyl (C=O) groups excluding carboxylic acids is 1. The number of carbonyl (C=O) groups is 1. The molecule has 1 aliphatic heterocycles. The summed E-state index contributed by atoms with van der Waals surface area (Å²) in [6.45, 7) is 4.63. The van der Waals surface area contributed by atoms with Crippen molar-refractivity contribution in [2.45, 2.75) is 39.0 Å². The number of furan rings is 1. The van der Waals surface area contributed by atoms with E-state index in [1.165, 1.54) is 0 Å². The Morgan fingerprint density at radius 1 is 1.57 bits per heavy atom. The molecule has 23 heavy (non-hydrogen) atoms. The Morgan fingerprint density at radius 3 is 3.17 bits per heavy atom. The van der Waals surface area contributed by atoms with E-state index in [0.717, 1.165) is 31.6 Å². The molecule has 3 heterocycles. The van der Waals surface area contributed by atoms with E-state index in [0.29, 0.717) is 18.8 Å². The van der Waals surface area contributed by atoms with Gasteiger partial charge >= 0.3 is 6.03 Å². The van der Waals surface area contributed by atoms with Gasteiger partial charge in [0.05, 0.1) is 43.6 Å². The number of hydrogen-bond acceptors (Lipinski definition) is 4. The molecule has 0 unspecified atom stereocenters. The molecular weight excluding hydrogens is 296 g/mol. The maximum Gasteiger partial charge on any atom is 0.322 e. The topological polar surface area (TPSA) is 72.5 Å². The third-order valence-corrected chi connectivity index (χ3v) is 3.92. The molecule has 1 atom stereocenters. The molecule has 2 aromatic rings. The van der Waals surface area contributed by atoms with Crippen LogP contribution < -0.4 is 5.32 Å². The first-order valence-electron chi connectivity index (χ1n) is 7.95. The summed E-state index contributed by atoms with van der Waals surface area (Å²) in [5, 5.41) is 7.16. The smallest absolute Gasteiger partial charge is 0.322 e. The number of hydrogen-bond donors (Lipinski definition) is 1. The first-order valence-corrected chi connectivity index (χ1v) is 7.95. The molecule has 0 spiro atoms. The fourth-order valence-electron chi connectivity index (χ4n) is 2.66. The van der Waals surface area contributed by atoms with Gasteiger partial charge in [0, 0.05) is 24.9 Å². The van der Waals surface area contributed by atoms with E-state index in [1.807, 2.05) is 23.9 Å². The number of aromatic nitrogens is 2. The van der Waals surface area contributed by atoms with E-state index in [1.54, 1.807) is 23.6 Å². The molecule has 2 amide bonds. The van der Waals surface area contributed by atoms with Crippen molar-refractivity contribution < 1.29 is 13.9 Å². The second-order valence-corrected chi connectivity index (χ2v) is 5.66. The molecule has 1 aliphatic rings. The van der Waals surface area contributed by atoms with Crippen LogP contribution in [0.4, 0.5) is 10.5 Å². The zero-order chi connectivity index (χ0) is 16.1. The van der Waals surface area contributed by atoms with Gasteiger partial charge in [0.1, 0.15) is 0 Å². The summed E-state index contributed by atoms with van der Waals surface area (Å²) in [5.74, 6) is 0. The minimum atomic E-state index is -0.148. The largest absolute Gasteiger partial charge is 0.472 e. The molecule has 2 aromatic heterocycles. The third-order valence-electron chi connectivity index (χ3n) is 3.92. The van der Waals surface area contributed by atoms with Crippen LogP contribution in [-0.4, -0.2) is 40.0 Å². The molecule has 0 radical (unpaired) electrons. The summed E-state index contributed by atoms with van der Waals surface area (Å²) in [6.07, 6.45) is 9.16. The lowest BCUT2D eigenvalue weighted by molar-refractivity contribution is 0.0940. The first kappa shape index (κ1) is 15.6. The number of nitrogens with zero attached hydrogens (tertiary/aromatic N) is 3. The van der Waals surface area contributed by atoms with Gasteiger partial charge in [-0.25, -0.2) is 4.79 Å².